The van der Waals surface area contributed by atoms with Crippen molar-refractivity contribution >= 4 is 12.0 Å². The summed E-state index contributed by atoms with van der Waals surface area (Å²) >= 11 is 0. The SMILES string of the molecule is C#C[C@@H](COC)Cn1cnc(CN)c1/N=C\C. The van der Waals surface area contributed by atoms with Crippen LogP contribution in [0.25, 0.3) is 0 Å². The van der Waals surface area contributed by atoms with E-state index in [-0.39, 0.29) is 5.92 Å². The smallest absolute Gasteiger partial charge is 0.156 e. The van der Waals surface area contributed by atoms with Gasteiger partial charge in [-0.25, -0.2) is 9.98 Å². The van der Waals surface area contributed by atoms with Crippen LogP contribution in [0.1, 0.15) is 12.6 Å². The molecule has 0 spiro atoms. The Labute approximate surface area is 102 Å². The first-order valence-corrected chi connectivity index (χ1v) is 5.44. The van der Waals surface area contributed by atoms with Crippen LogP contribution >= 0.6 is 0 Å². The Kier molecular flexibility index (Phi) is 5.40. The van der Waals surface area contributed by atoms with Gasteiger partial charge in [0, 0.05) is 26.4 Å². The molecule has 0 unspecified atom stereocenters. The molecule has 5 heteroatoms. The van der Waals surface area contributed by atoms with Gasteiger partial charge in [-0.2, -0.15) is 0 Å². The zero-order valence-corrected chi connectivity index (χ0v) is 10.3. The first-order valence-electron chi connectivity index (χ1n) is 5.44. The quantitative estimate of drug-likeness (QED) is 0.589. The van der Waals surface area contributed by atoms with Gasteiger partial charge in [0.05, 0.1) is 24.5 Å². The van der Waals surface area contributed by atoms with Crippen molar-refractivity contribution in [1.82, 2.24) is 9.55 Å². The van der Waals surface area contributed by atoms with Gasteiger partial charge in [0.1, 0.15) is 0 Å². The molecule has 1 aromatic rings. The summed E-state index contributed by atoms with van der Waals surface area (Å²) in [6.07, 6.45) is 8.87. The van der Waals surface area contributed by atoms with Gasteiger partial charge in [-0.15, -0.1) is 6.42 Å². The molecule has 92 valence electrons. The van der Waals surface area contributed by atoms with E-state index < -0.39 is 0 Å². The average molecular weight is 234 g/mol. The lowest BCUT2D eigenvalue weighted by molar-refractivity contribution is 0.166. The van der Waals surface area contributed by atoms with Gasteiger partial charge in [-0.05, 0) is 6.92 Å². The van der Waals surface area contributed by atoms with Gasteiger partial charge >= 0.3 is 0 Å². The molecule has 0 amide bonds. The first kappa shape index (κ1) is 13.4. The molecule has 1 rings (SSSR count). The second-order valence-corrected chi connectivity index (χ2v) is 3.58. The lowest BCUT2D eigenvalue weighted by Gasteiger charge is -2.11. The Morgan fingerprint density at radius 3 is 3.06 bits per heavy atom. The van der Waals surface area contributed by atoms with Crippen molar-refractivity contribution in [2.75, 3.05) is 13.7 Å². The maximum Gasteiger partial charge on any atom is 0.156 e. The molecule has 5 nitrogen and oxygen atoms in total. The van der Waals surface area contributed by atoms with Crippen molar-refractivity contribution in [3.05, 3.63) is 12.0 Å². The Balaban J connectivity index is 2.90. The van der Waals surface area contributed by atoms with Crippen molar-refractivity contribution in [3.8, 4) is 12.3 Å². The monoisotopic (exact) mass is 234 g/mol. The molecule has 0 saturated carbocycles. The third-order valence-electron chi connectivity index (χ3n) is 2.35. The molecule has 0 fully saturated rings. The Morgan fingerprint density at radius 1 is 1.76 bits per heavy atom. The maximum atomic E-state index is 5.60. The van der Waals surface area contributed by atoms with Crippen LogP contribution in [0.15, 0.2) is 11.3 Å². The predicted octanol–water partition coefficient (Wildman–Crippen LogP) is 0.960. The zero-order valence-electron chi connectivity index (χ0n) is 10.3. The van der Waals surface area contributed by atoms with Crippen molar-refractivity contribution in [2.45, 2.75) is 20.0 Å². The summed E-state index contributed by atoms with van der Waals surface area (Å²) in [5.41, 5.74) is 6.38. The second kappa shape index (κ2) is 6.84. The van der Waals surface area contributed by atoms with Crippen molar-refractivity contribution < 1.29 is 4.74 Å². The number of nitrogens with zero attached hydrogens (tertiary/aromatic N) is 3. The standard InChI is InChI=1S/C12H18N4O/c1-4-10(8-17-3)7-16-9-15-11(6-13)12(16)14-5-2/h1,5,9-10H,6-8,13H2,2-3H3/b14-5-/t10-/m1/s1. The average Bonchev–Trinajstić information content (AvgIpc) is 2.72. The molecular formula is C12H18N4O. The van der Waals surface area contributed by atoms with Crippen LogP contribution in [0.5, 0.6) is 0 Å². The minimum Gasteiger partial charge on any atom is -0.383 e. The topological polar surface area (TPSA) is 65.4 Å². The fourth-order valence-electron chi connectivity index (χ4n) is 1.56. The summed E-state index contributed by atoms with van der Waals surface area (Å²) in [6, 6.07) is 0. The van der Waals surface area contributed by atoms with E-state index >= 15 is 0 Å². The molecule has 0 bridgehead atoms. The number of hydrogen-bond donors (Lipinski definition) is 1. The number of imidazole rings is 1. The molecule has 1 aromatic heterocycles. The van der Waals surface area contributed by atoms with Crippen LogP contribution in [-0.4, -0.2) is 29.5 Å². The lowest BCUT2D eigenvalue weighted by Crippen LogP contribution is -2.13. The number of ether oxygens (including phenoxy) is 1. The number of aliphatic imine (C=N–C) groups is 1. The minimum atomic E-state index is 0.00521. The Hall–Kier alpha value is -1.64. The molecule has 17 heavy (non-hydrogen) atoms. The van der Waals surface area contributed by atoms with Crippen LogP contribution < -0.4 is 5.73 Å². The number of nitrogens with two attached hydrogens (primary N) is 1. The van der Waals surface area contributed by atoms with Gasteiger partial charge in [-0.3, -0.25) is 0 Å². The molecule has 2 N–H and O–H groups in total. The van der Waals surface area contributed by atoms with E-state index in [0.717, 1.165) is 11.5 Å². The number of terminal acetylenes is 1. The number of methoxy groups -OCH3 is 1. The van der Waals surface area contributed by atoms with Crippen LogP contribution in [0.3, 0.4) is 0 Å². The van der Waals surface area contributed by atoms with E-state index in [1.54, 1.807) is 19.7 Å². The molecule has 0 aliphatic carbocycles. The highest BCUT2D eigenvalue weighted by Gasteiger charge is 2.12. The van der Waals surface area contributed by atoms with Crippen LogP contribution in [0, 0.1) is 18.3 Å². The normalized spacial score (nSPS) is 12.8. The third-order valence-corrected chi connectivity index (χ3v) is 2.35. The Morgan fingerprint density at radius 2 is 2.53 bits per heavy atom. The zero-order chi connectivity index (χ0) is 12.7. The van der Waals surface area contributed by atoms with Crippen LogP contribution in [-0.2, 0) is 17.8 Å². The van der Waals surface area contributed by atoms with E-state index in [2.05, 4.69) is 15.9 Å². The summed E-state index contributed by atoms with van der Waals surface area (Å²) in [5.74, 6) is 3.47. The molecular weight excluding hydrogens is 216 g/mol. The molecule has 0 saturated heterocycles. The summed E-state index contributed by atoms with van der Waals surface area (Å²) in [5, 5.41) is 0. The first-order chi connectivity index (χ1) is 8.26. The maximum absolute atomic E-state index is 5.60. The van der Waals surface area contributed by atoms with Crippen LogP contribution in [0.4, 0.5) is 5.82 Å². The van der Waals surface area contributed by atoms with Gasteiger partial charge in [0.2, 0.25) is 0 Å². The fraction of sp³-hybridized carbons (Fsp3) is 0.500. The summed E-state index contributed by atoms with van der Waals surface area (Å²) in [4.78, 5) is 8.49. The van der Waals surface area contributed by atoms with Crippen molar-refractivity contribution in [2.24, 2.45) is 16.6 Å². The molecule has 1 atom stereocenters. The predicted molar refractivity (Wildman–Crippen MR) is 68.1 cm³/mol. The minimum absolute atomic E-state index is 0.00521. The van der Waals surface area contributed by atoms with Gasteiger partial charge in [0.15, 0.2) is 5.82 Å². The largest absolute Gasteiger partial charge is 0.383 e. The van der Waals surface area contributed by atoms with E-state index in [1.165, 1.54) is 0 Å². The van der Waals surface area contributed by atoms with E-state index in [9.17, 15) is 0 Å². The molecule has 0 aliphatic heterocycles. The highest BCUT2D eigenvalue weighted by Crippen LogP contribution is 2.19. The van der Waals surface area contributed by atoms with Gasteiger partial charge < -0.3 is 15.0 Å². The van der Waals surface area contributed by atoms with E-state index in [0.29, 0.717) is 19.7 Å². The second-order valence-electron chi connectivity index (χ2n) is 3.58. The third kappa shape index (κ3) is 3.41. The highest BCUT2D eigenvalue weighted by atomic mass is 16.5. The van der Waals surface area contributed by atoms with Crippen molar-refractivity contribution in [1.29, 1.82) is 0 Å². The van der Waals surface area contributed by atoms with E-state index in [4.69, 9.17) is 16.9 Å². The van der Waals surface area contributed by atoms with Gasteiger partial charge in [-0.1, -0.05) is 5.92 Å². The highest BCUT2D eigenvalue weighted by molar-refractivity contribution is 5.59. The summed E-state index contributed by atoms with van der Waals surface area (Å²) < 4.78 is 6.97. The molecule has 0 aromatic carbocycles. The van der Waals surface area contributed by atoms with E-state index in [1.807, 2.05) is 11.5 Å². The molecule has 0 aliphatic rings. The fourth-order valence-corrected chi connectivity index (χ4v) is 1.56. The number of hydrogen-bond acceptors (Lipinski definition) is 4. The van der Waals surface area contributed by atoms with Crippen molar-refractivity contribution in [3.63, 3.8) is 0 Å². The van der Waals surface area contributed by atoms with Gasteiger partial charge in [0.25, 0.3) is 0 Å². The number of rotatable bonds is 6. The lowest BCUT2D eigenvalue weighted by atomic mass is 10.2. The Bertz CT molecular complexity index is 417. The summed E-state index contributed by atoms with van der Waals surface area (Å²) in [7, 11) is 1.63. The molecule has 1 heterocycles. The summed E-state index contributed by atoms with van der Waals surface area (Å²) in [6.45, 7) is 3.36. The van der Waals surface area contributed by atoms with Crippen LogP contribution in [0.2, 0.25) is 0 Å². The number of aromatic nitrogens is 2. The molecule has 0 radical (unpaired) electrons.